The van der Waals surface area contributed by atoms with E-state index in [1.165, 1.54) is 19.2 Å². The number of nitrogen functional groups attached to an aromatic ring is 1. The summed E-state index contributed by atoms with van der Waals surface area (Å²) in [6.45, 7) is 0. The molecular formula is C9H7ClN2O2. The maximum atomic E-state index is 11.2. The second-order valence-electron chi connectivity index (χ2n) is 2.52. The molecule has 0 atom stereocenters. The molecule has 5 heteroatoms. The minimum atomic E-state index is -0.610. The molecule has 0 saturated heterocycles. The Kier molecular flexibility index (Phi) is 2.95. The minimum absolute atomic E-state index is 0.0868. The Morgan fingerprint density at radius 2 is 2.29 bits per heavy atom. The van der Waals surface area contributed by atoms with Crippen LogP contribution in [0.3, 0.4) is 0 Å². The van der Waals surface area contributed by atoms with Crippen molar-refractivity contribution < 1.29 is 9.53 Å². The van der Waals surface area contributed by atoms with Gasteiger partial charge in [-0.3, -0.25) is 0 Å². The van der Waals surface area contributed by atoms with Crippen LogP contribution in [0.1, 0.15) is 15.9 Å². The minimum Gasteiger partial charge on any atom is -0.465 e. The molecule has 72 valence electrons. The monoisotopic (exact) mass is 210 g/mol. The standard InChI is InChI=1S/C9H7ClN2O2/c1-14-9(13)7-3-6(10)2-5(4-11)8(7)12/h2-3H,12H2,1H3. The van der Waals surface area contributed by atoms with Gasteiger partial charge in [0.2, 0.25) is 0 Å². The number of benzene rings is 1. The lowest BCUT2D eigenvalue weighted by atomic mass is 10.1. The summed E-state index contributed by atoms with van der Waals surface area (Å²) in [7, 11) is 1.23. The van der Waals surface area contributed by atoms with E-state index in [9.17, 15) is 4.79 Å². The second kappa shape index (κ2) is 3.99. The third-order valence-corrected chi connectivity index (χ3v) is 1.89. The van der Waals surface area contributed by atoms with Crippen LogP contribution >= 0.6 is 11.6 Å². The molecule has 0 bridgehead atoms. The molecule has 14 heavy (non-hydrogen) atoms. The van der Waals surface area contributed by atoms with E-state index < -0.39 is 5.97 Å². The highest BCUT2D eigenvalue weighted by atomic mass is 35.5. The molecule has 0 aliphatic carbocycles. The third kappa shape index (κ3) is 1.78. The summed E-state index contributed by atoms with van der Waals surface area (Å²) in [4.78, 5) is 11.2. The van der Waals surface area contributed by atoms with Crippen molar-refractivity contribution in [3.05, 3.63) is 28.3 Å². The van der Waals surface area contributed by atoms with E-state index in [1.807, 2.05) is 6.07 Å². The normalized spacial score (nSPS) is 9.21. The Balaban J connectivity index is 3.38. The van der Waals surface area contributed by atoms with Crippen LogP contribution in [-0.2, 0) is 4.74 Å². The number of nitriles is 1. The second-order valence-corrected chi connectivity index (χ2v) is 2.95. The first-order valence-electron chi connectivity index (χ1n) is 3.67. The van der Waals surface area contributed by atoms with Gasteiger partial charge in [-0.15, -0.1) is 0 Å². The first kappa shape index (κ1) is 10.4. The van der Waals surface area contributed by atoms with Crippen molar-refractivity contribution in [2.45, 2.75) is 0 Å². The zero-order valence-corrected chi connectivity index (χ0v) is 8.13. The van der Waals surface area contributed by atoms with Crippen LogP contribution in [0.2, 0.25) is 5.02 Å². The predicted molar refractivity (Wildman–Crippen MR) is 51.9 cm³/mol. The van der Waals surface area contributed by atoms with Gasteiger partial charge in [0, 0.05) is 5.02 Å². The number of anilines is 1. The van der Waals surface area contributed by atoms with Crippen LogP contribution in [-0.4, -0.2) is 13.1 Å². The van der Waals surface area contributed by atoms with Crippen molar-refractivity contribution in [2.75, 3.05) is 12.8 Å². The van der Waals surface area contributed by atoms with Crippen molar-refractivity contribution >= 4 is 23.3 Å². The molecule has 1 aromatic rings. The lowest BCUT2D eigenvalue weighted by Gasteiger charge is -2.05. The van der Waals surface area contributed by atoms with Gasteiger partial charge in [0.1, 0.15) is 6.07 Å². The smallest absolute Gasteiger partial charge is 0.340 e. The predicted octanol–water partition coefficient (Wildman–Crippen LogP) is 1.58. The molecule has 0 radical (unpaired) electrons. The molecule has 0 heterocycles. The molecule has 0 fully saturated rings. The number of esters is 1. The van der Waals surface area contributed by atoms with Crippen LogP contribution in [0, 0.1) is 11.3 Å². The Morgan fingerprint density at radius 1 is 1.64 bits per heavy atom. The number of nitrogens with two attached hydrogens (primary N) is 1. The van der Waals surface area contributed by atoms with Crippen LogP contribution in [0.5, 0.6) is 0 Å². The summed E-state index contributed by atoms with van der Waals surface area (Å²) >= 11 is 5.69. The number of nitrogens with zero attached hydrogens (tertiary/aromatic N) is 1. The summed E-state index contributed by atoms with van der Waals surface area (Å²) in [5.74, 6) is -0.610. The van der Waals surface area contributed by atoms with E-state index in [4.69, 9.17) is 22.6 Å². The summed E-state index contributed by atoms with van der Waals surface area (Å²) < 4.78 is 4.48. The number of ether oxygens (including phenoxy) is 1. The molecule has 0 aliphatic heterocycles. The molecule has 0 unspecified atom stereocenters. The van der Waals surface area contributed by atoms with Crippen molar-refractivity contribution in [3.8, 4) is 6.07 Å². The molecule has 0 aliphatic rings. The summed E-state index contributed by atoms with van der Waals surface area (Å²) in [5, 5.41) is 8.96. The highest BCUT2D eigenvalue weighted by Crippen LogP contribution is 2.23. The van der Waals surface area contributed by atoms with Gasteiger partial charge in [-0.2, -0.15) is 5.26 Å². The zero-order chi connectivity index (χ0) is 10.7. The highest BCUT2D eigenvalue weighted by Gasteiger charge is 2.14. The summed E-state index contributed by atoms with van der Waals surface area (Å²) in [5.41, 5.74) is 5.92. The van der Waals surface area contributed by atoms with Gasteiger partial charge in [0.15, 0.2) is 0 Å². The lowest BCUT2D eigenvalue weighted by molar-refractivity contribution is 0.0602. The molecule has 2 N–H and O–H groups in total. The van der Waals surface area contributed by atoms with E-state index in [-0.39, 0.29) is 21.8 Å². The van der Waals surface area contributed by atoms with Crippen LogP contribution in [0.15, 0.2) is 12.1 Å². The van der Waals surface area contributed by atoms with Crippen molar-refractivity contribution in [1.82, 2.24) is 0 Å². The van der Waals surface area contributed by atoms with Crippen molar-refractivity contribution in [1.29, 1.82) is 5.26 Å². The zero-order valence-electron chi connectivity index (χ0n) is 7.37. The number of carbonyl (C=O) groups is 1. The topological polar surface area (TPSA) is 76.1 Å². The molecule has 1 aromatic carbocycles. The fourth-order valence-electron chi connectivity index (χ4n) is 0.989. The van der Waals surface area contributed by atoms with Crippen molar-refractivity contribution in [3.63, 3.8) is 0 Å². The number of hydrogen-bond donors (Lipinski definition) is 1. The number of hydrogen-bond acceptors (Lipinski definition) is 4. The third-order valence-electron chi connectivity index (χ3n) is 1.67. The van der Waals surface area contributed by atoms with Crippen LogP contribution < -0.4 is 5.73 Å². The van der Waals surface area contributed by atoms with Gasteiger partial charge in [-0.1, -0.05) is 11.6 Å². The summed E-state index contributed by atoms with van der Waals surface area (Å²) in [6, 6.07) is 4.60. The average molecular weight is 211 g/mol. The largest absolute Gasteiger partial charge is 0.465 e. The van der Waals surface area contributed by atoms with E-state index in [2.05, 4.69) is 4.74 Å². The Bertz CT molecular complexity index is 424. The number of carbonyl (C=O) groups excluding carboxylic acids is 1. The Hall–Kier alpha value is -1.73. The summed E-state index contributed by atoms with van der Waals surface area (Å²) in [6.07, 6.45) is 0. The SMILES string of the molecule is COC(=O)c1cc(Cl)cc(C#N)c1N. The fraction of sp³-hybridized carbons (Fsp3) is 0.111. The molecule has 0 amide bonds. The maximum Gasteiger partial charge on any atom is 0.340 e. The van der Waals surface area contributed by atoms with E-state index in [0.29, 0.717) is 0 Å². The molecule has 0 aromatic heterocycles. The molecule has 0 spiro atoms. The van der Waals surface area contributed by atoms with Gasteiger partial charge in [0.05, 0.1) is 23.9 Å². The molecular weight excluding hydrogens is 204 g/mol. The van der Waals surface area contributed by atoms with Gasteiger partial charge in [0.25, 0.3) is 0 Å². The number of halogens is 1. The van der Waals surface area contributed by atoms with E-state index >= 15 is 0 Å². The van der Waals surface area contributed by atoms with Crippen molar-refractivity contribution in [2.24, 2.45) is 0 Å². The van der Waals surface area contributed by atoms with Crippen LogP contribution in [0.4, 0.5) is 5.69 Å². The first-order valence-corrected chi connectivity index (χ1v) is 4.05. The highest BCUT2D eigenvalue weighted by molar-refractivity contribution is 6.31. The maximum absolute atomic E-state index is 11.2. The number of methoxy groups -OCH3 is 1. The Morgan fingerprint density at radius 3 is 2.79 bits per heavy atom. The van der Waals surface area contributed by atoms with E-state index in [0.717, 1.165) is 0 Å². The number of rotatable bonds is 1. The fourth-order valence-corrected chi connectivity index (χ4v) is 1.21. The molecule has 0 saturated carbocycles. The molecule has 1 rings (SSSR count). The van der Waals surface area contributed by atoms with Crippen LogP contribution in [0.25, 0.3) is 0 Å². The first-order chi connectivity index (χ1) is 6.60. The average Bonchev–Trinajstić information content (AvgIpc) is 2.19. The van der Waals surface area contributed by atoms with Gasteiger partial charge in [-0.05, 0) is 12.1 Å². The van der Waals surface area contributed by atoms with Gasteiger partial charge in [-0.25, -0.2) is 4.79 Å². The van der Waals surface area contributed by atoms with E-state index in [1.54, 1.807) is 0 Å². The Labute approximate surface area is 85.8 Å². The quantitative estimate of drug-likeness (QED) is 0.564. The lowest BCUT2D eigenvalue weighted by Crippen LogP contribution is -2.07. The van der Waals surface area contributed by atoms with Gasteiger partial charge < -0.3 is 10.5 Å². The van der Waals surface area contributed by atoms with Gasteiger partial charge >= 0.3 is 5.97 Å². The molecule has 4 nitrogen and oxygen atoms in total.